The van der Waals surface area contributed by atoms with Gasteiger partial charge < -0.3 is 9.73 Å². The molecule has 0 fully saturated rings. The molecule has 0 radical (unpaired) electrons. The summed E-state index contributed by atoms with van der Waals surface area (Å²) in [7, 11) is 3.02. The van der Waals surface area contributed by atoms with Gasteiger partial charge in [0.1, 0.15) is 5.39 Å². The lowest BCUT2D eigenvalue weighted by Gasteiger charge is -2.04. The zero-order valence-electron chi connectivity index (χ0n) is 12.8. The molecule has 0 bridgehead atoms. The number of nitrogens with zero attached hydrogens (tertiary/aromatic N) is 2. The number of aromatic nitrogens is 2. The SMILES string of the molecule is Cn1c(=O)c2c(CCCl)c(Nc3ccccc3)oc2n(C)c1=O. The summed E-state index contributed by atoms with van der Waals surface area (Å²) in [5.41, 5.74) is 0.934. The van der Waals surface area contributed by atoms with Gasteiger partial charge in [-0.25, -0.2) is 4.79 Å². The minimum Gasteiger partial charge on any atom is -0.423 e. The molecule has 3 rings (SSSR count). The number of para-hydroxylation sites is 1. The van der Waals surface area contributed by atoms with Crippen molar-refractivity contribution in [1.82, 2.24) is 9.13 Å². The molecule has 1 aromatic carbocycles. The summed E-state index contributed by atoms with van der Waals surface area (Å²) in [4.78, 5) is 24.5. The molecule has 0 unspecified atom stereocenters. The molecule has 6 nitrogen and oxygen atoms in total. The number of benzene rings is 1. The van der Waals surface area contributed by atoms with Crippen molar-refractivity contribution in [2.75, 3.05) is 11.2 Å². The summed E-state index contributed by atoms with van der Waals surface area (Å²) in [6.45, 7) is 0. The second-order valence-electron chi connectivity index (χ2n) is 5.23. The van der Waals surface area contributed by atoms with E-state index in [9.17, 15) is 9.59 Å². The van der Waals surface area contributed by atoms with E-state index in [4.69, 9.17) is 16.0 Å². The van der Waals surface area contributed by atoms with Crippen LogP contribution >= 0.6 is 11.6 Å². The van der Waals surface area contributed by atoms with Gasteiger partial charge in [0.15, 0.2) is 0 Å². The van der Waals surface area contributed by atoms with Gasteiger partial charge in [0.05, 0.1) is 0 Å². The number of halogens is 1. The monoisotopic (exact) mass is 333 g/mol. The Morgan fingerprint density at radius 1 is 1.13 bits per heavy atom. The largest absolute Gasteiger partial charge is 0.423 e. The zero-order chi connectivity index (χ0) is 16.6. The molecule has 0 aliphatic heterocycles. The standard InChI is InChI=1S/C16H16ClN3O3/c1-19-14(21)12-11(8-9-17)13(18-10-6-4-3-5-7-10)23-15(12)20(2)16(19)22/h3-7,18H,8-9H2,1-2H3. The van der Waals surface area contributed by atoms with Gasteiger partial charge in [-0.15, -0.1) is 11.6 Å². The van der Waals surface area contributed by atoms with Crippen molar-refractivity contribution in [2.45, 2.75) is 6.42 Å². The average Bonchev–Trinajstić information content (AvgIpc) is 2.91. The van der Waals surface area contributed by atoms with E-state index in [2.05, 4.69) is 5.32 Å². The molecule has 7 heteroatoms. The Morgan fingerprint density at radius 3 is 2.48 bits per heavy atom. The fraction of sp³-hybridized carbons (Fsp3) is 0.250. The molecule has 0 spiro atoms. The van der Waals surface area contributed by atoms with Crippen LogP contribution in [0.1, 0.15) is 5.56 Å². The molecule has 23 heavy (non-hydrogen) atoms. The van der Waals surface area contributed by atoms with E-state index >= 15 is 0 Å². The van der Waals surface area contributed by atoms with Crippen molar-refractivity contribution < 1.29 is 4.42 Å². The number of anilines is 2. The summed E-state index contributed by atoms with van der Waals surface area (Å²) in [6, 6.07) is 9.45. The number of hydrogen-bond donors (Lipinski definition) is 1. The van der Waals surface area contributed by atoms with E-state index in [1.165, 1.54) is 11.6 Å². The number of aryl methyl sites for hydroxylation is 2. The molecule has 0 saturated carbocycles. The van der Waals surface area contributed by atoms with Crippen molar-refractivity contribution >= 4 is 34.3 Å². The molecule has 120 valence electrons. The van der Waals surface area contributed by atoms with Gasteiger partial charge in [0.2, 0.25) is 11.6 Å². The molecule has 0 aliphatic rings. The maximum atomic E-state index is 12.5. The normalized spacial score (nSPS) is 11.1. The molecule has 3 aromatic rings. The van der Waals surface area contributed by atoms with Crippen LogP contribution < -0.4 is 16.6 Å². The van der Waals surface area contributed by atoms with Crippen LogP contribution in [0.25, 0.3) is 11.1 Å². The second kappa shape index (κ2) is 5.96. The summed E-state index contributed by atoms with van der Waals surface area (Å²) in [5.74, 6) is 0.773. The lowest BCUT2D eigenvalue weighted by atomic mass is 10.1. The predicted molar refractivity (Wildman–Crippen MR) is 90.8 cm³/mol. The van der Waals surface area contributed by atoms with E-state index in [1.807, 2.05) is 30.3 Å². The number of nitrogens with one attached hydrogen (secondary N) is 1. The molecular formula is C16H16ClN3O3. The van der Waals surface area contributed by atoms with Crippen molar-refractivity contribution in [3.63, 3.8) is 0 Å². The number of hydrogen-bond acceptors (Lipinski definition) is 4. The Kier molecular flexibility index (Phi) is 4.00. The number of alkyl halides is 1. The van der Waals surface area contributed by atoms with Gasteiger partial charge in [0, 0.05) is 31.2 Å². The molecule has 2 aromatic heterocycles. The predicted octanol–water partition coefficient (Wildman–Crippen LogP) is 2.36. The fourth-order valence-electron chi connectivity index (χ4n) is 2.56. The highest BCUT2D eigenvalue weighted by Crippen LogP contribution is 2.30. The van der Waals surface area contributed by atoms with Gasteiger partial charge in [0.25, 0.3) is 5.56 Å². The Labute approximate surface area is 136 Å². The Morgan fingerprint density at radius 2 is 1.83 bits per heavy atom. The first-order valence-corrected chi connectivity index (χ1v) is 7.67. The third kappa shape index (κ3) is 2.55. The Hall–Kier alpha value is -2.47. The van der Waals surface area contributed by atoms with E-state index in [-0.39, 0.29) is 11.3 Å². The van der Waals surface area contributed by atoms with Crippen LogP contribution in [0.4, 0.5) is 11.6 Å². The number of rotatable bonds is 4. The zero-order valence-corrected chi connectivity index (χ0v) is 13.6. The maximum Gasteiger partial charge on any atom is 0.333 e. The van der Waals surface area contributed by atoms with Crippen molar-refractivity contribution in [3.05, 3.63) is 56.7 Å². The lowest BCUT2D eigenvalue weighted by molar-refractivity contribution is 0.575. The van der Waals surface area contributed by atoms with Gasteiger partial charge in [-0.2, -0.15) is 0 Å². The van der Waals surface area contributed by atoms with Gasteiger partial charge >= 0.3 is 5.69 Å². The first-order chi connectivity index (χ1) is 11.0. The fourth-order valence-corrected chi connectivity index (χ4v) is 2.75. The molecular weight excluding hydrogens is 318 g/mol. The molecule has 0 amide bonds. The first-order valence-electron chi connectivity index (χ1n) is 7.14. The van der Waals surface area contributed by atoms with Crippen LogP contribution in [0.15, 0.2) is 44.3 Å². The van der Waals surface area contributed by atoms with Crippen LogP contribution in [-0.2, 0) is 20.5 Å². The highest BCUT2D eigenvalue weighted by atomic mass is 35.5. The van der Waals surface area contributed by atoms with Crippen LogP contribution in [0, 0.1) is 0 Å². The maximum absolute atomic E-state index is 12.5. The lowest BCUT2D eigenvalue weighted by Crippen LogP contribution is -2.36. The summed E-state index contributed by atoms with van der Waals surface area (Å²) >= 11 is 5.88. The van der Waals surface area contributed by atoms with Crippen molar-refractivity contribution in [2.24, 2.45) is 14.1 Å². The van der Waals surface area contributed by atoms with E-state index in [1.54, 1.807) is 7.05 Å². The smallest absolute Gasteiger partial charge is 0.333 e. The van der Waals surface area contributed by atoms with E-state index in [0.717, 1.165) is 10.3 Å². The molecule has 0 aliphatic carbocycles. The molecule has 2 heterocycles. The number of fused-ring (bicyclic) bond motifs is 1. The van der Waals surface area contributed by atoms with Gasteiger partial charge in [-0.1, -0.05) is 18.2 Å². The first kappa shape index (κ1) is 15.4. The quantitative estimate of drug-likeness (QED) is 0.744. The minimum absolute atomic E-state index is 0.247. The Balaban J connectivity index is 2.28. The second-order valence-corrected chi connectivity index (χ2v) is 5.60. The summed E-state index contributed by atoms with van der Waals surface area (Å²) in [6.07, 6.45) is 0.456. The van der Waals surface area contributed by atoms with Crippen LogP contribution in [0.2, 0.25) is 0 Å². The average molecular weight is 334 g/mol. The molecule has 0 saturated heterocycles. The third-order valence-corrected chi connectivity index (χ3v) is 3.95. The van der Waals surface area contributed by atoms with Crippen LogP contribution in [0.5, 0.6) is 0 Å². The highest BCUT2D eigenvalue weighted by molar-refractivity contribution is 6.18. The summed E-state index contributed by atoms with van der Waals surface area (Å²) < 4.78 is 8.18. The van der Waals surface area contributed by atoms with Crippen LogP contribution in [0.3, 0.4) is 0 Å². The van der Waals surface area contributed by atoms with Crippen LogP contribution in [-0.4, -0.2) is 15.0 Å². The molecule has 0 atom stereocenters. The van der Waals surface area contributed by atoms with Crippen molar-refractivity contribution in [1.29, 1.82) is 0 Å². The van der Waals surface area contributed by atoms with Gasteiger partial charge in [-0.05, 0) is 18.6 Å². The van der Waals surface area contributed by atoms with Crippen molar-refractivity contribution in [3.8, 4) is 0 Å². The topological polar surface area (TPSA) is 69.2 Å². The minimum atomic E-state index is -0.431. The molecule has 1 N–H and O–H groups in total. The van der Waals surface area contributed by atoms with Gasteiger partial charge in [-0.3, -0.25) is 13.9 Å². The summed E-state index contributed by atoms with van der Waals surface area (Å²) in [5, 5.41) is 3.53. The Bertz CT molecular complexity index is 970. The van der Waals surface area contributed by atoms with E-state index < -0.39 is 5.69 Å². The number of furan rings is 1. The highest BCUT2D eigenvalue weighted by Gasteiger charge is 2.21. The third-order valence-electron chi connectivity index (χ3n) is 3.76. The van der Waals surface area contributed by atoms with E-state index in [0.29, 0.717) is 29.1 Å².